The zero-order chi connectivity index (χ0) is 19.5. The minimum Gasteiger partial charge on any atom is -0.493 e. The van der Waals surface area contributed by atoms with Crippen molar-refractivity contribution in [2.24, 2.45) is 4.99 Å². The van der Waals surface area contributed by atoms with E-state index in [1.165, 1.54) is 32.2 Å². The number of hydrogen-bond donors (Lipinski definition) is 2. The van der Waals surface area contributed by atoms with Crippen LogP contribution in [-0.2, 0) is 6.54 Å². The first-order chi connectivity index (χ1) is 13.2. The molecule has 1 unspecified atom stereocenters. The Morgan fingerprint density at radius 2 is 2.04 bits per heavy atom. The van der Waals surface area contributed by atoms with Gasteiger partial charge in [0.2, 0.25) is 0 Å². The topological polar surface area (TPSA) is 58.1 Å². The molecule has 0 bridgehead atoms. The van der Waals surface area contributed by atoms with E-state index < -0.39 is 0 Å². The van der Waals surface area contributed by atoms with Gasteiger partial charge in [-0.05, 0) is 38.8 Å². The van der Waals surface area contributed by atoms with Crippen LogP contribution in [0.25, 0.3) is 0 Å². The smallest absolute Gasteiger partial charge is 0.191 e. The summed E-state index contributed by atoms with van der Waals surface area (Å²) in [5.41, 5.74) is 1.01. The number of likely N-dealkylation sites (tertiary alicyclic amines) is 1. The Balaban J connectivity index is 1.94. The monoisotopic (exact) mass is 376 g/mol. The van der Waals surface area contributed by atoms with Gasteiger partial charge >= 0.3 is 0 Å². The average molecular weight is 377 g/mol. The van der Waals surface area contributed by atoms with Crippen molar-refractivity contribution in [1.29, 1.82) is 0 Å². The summed E-state index contributed by atoms with van der Waals surface area (Å²) in [6.45, 7) is 8.93. The maximum atomic E-state index is 5.50. The van der Waals surface area contributed by atoms with Crippen LogP contribution in [0.1, 0.15) is 45.1 Å². The van der Waals surface area contributed by atoms with Gasteiger partial charge in [0.25, 0.3) is 0 Å². The van der Waals surface area contributed by atoms with Gasteiger partial charge in [-0.25, -0.2) is 4.99 Å². The van der Waals surface area contributed by atoms with Crippen molar-refractivity contribution in [2.75, 3.05) is 40.4 Å². The van der Waals surface area contributed by atoms with Crippen molar-refractivity contribution < 1.29 is 9.47 Å². The lowest BCUT2D eigenvalue weighted by atomic mass is 10.0. The molecule has 0 amide bonds. The Morgan fingerprint density at radius 1 is 1.19 bits per heavy atom. The number of guanidine groups is 1. The number of methoxy groups -OCH3 is 2. The molecular formula is C21H36N4O2. The molecule has 2 rings (SSSR count). The maximum absolute atomic E-state index is 5.50. The molecule has 27 heavy (non-hydrogen) atoms. The summed E-state index contributed by atoms with van der Waals surface area (Å²) in [5.74, 6) is 2.32. The molecular weight excluding hydrogens is 340 g/mol. The summed E-state index contributed by atoms with van der Waals surface area (Å²) < 4.78 is 10.9. The highest BCUT2D eigenvalue weighted by Crippen LogP contribution is 2.31. The summed E-state index contributed by atoms with van der Waals surface area (Å²) in [6.07, 6.45) is 5.26. The van der Waals surface area contributed by atoms with E-state index in [4.69, 9.17) is 14.5 Å². The number of nitrogens with zero attached hydrogens (tertiary/aromatic N) is 2. The molecule has 1 aliphatic heterocycles. The summed E-state index contributed by atoms with van der Waals surface area (Å²) in [4.78, 5) is 7.35. The lowest BCUT2D eigenvalue weighted by molar-refractivity contribution is 0.147. The molecule has 0 radical (unpaired) electrons. The van der Waals surface area contributed by atoms with E-state index in [0.29, 0.717) is 6.54 Å². The van der Waals surface area contributed by atoms with Gasteiger partial charge in [-0.3, -0.25) is 4.90 Å². The number of hydrogen-bond acceptors (Lipinski definition) is 4. The normalized spacial score (nSPS) is 18.2. The lowest BCUT2D eigenvalue weighted by Crippen LogP contribution is -2.45. The fraction of sp³-hybridized carbons (Fsp3) is 0.667. The SMILES string of the molecule is CCNC(=NCc1cccc(OC)c1OC)NCCN1CCCCC1CC. The minimum absolute atomic E-state index is 0.539. The summed E-state index contributed by atoms with van der Waals surface area (Å²) in [5, 5.41) is 6.80. The molecule has 0 spiro atoms. The first-order valence-electron chi connectivity index (χ1n) is 10.2. The number of piperidine rings is 1. The number of nitrogens with one attached hydrogen (secondary N) is 2. The third-order valence-electron chi connectivity index (χ3n) is 5.15. The fourth-order valence-corrected chi connectivity index (χ4v) is 3.72. The van der Waals surface area contributed by atoms with E-state index in [1.54, 1.807) is 14.2 Å². The van der Waals surface area contributed by atoms with Crippen molar-refractivity contribution in [2.45, 2.75) is 52.1 Å². The van der Waals surface area contributed by atoms with E-state index in [-0.39, 0.29) is 0 Å². The second kappa shape index (κ2) is 11.7. The zero-order valence-electron chi connectivity index (χ0n) is 17.4. The second-order valence-corrected chi connectivity index (χ2v) is 6.87. The number of rotatable bonds is 9. The molecule has 1 atom stereocenters. The molecule has 1 aliphatic rings. The molecule has 0 saturated carbocycles. The van der Waals surface area contributed by atoms with Gasteiger partial charge in [-0.15, -0.1) is 0 Å². The minimum atomic E-state index is 0.539. The van der Waals surface area contributed by atoms with Gasteiger partial charge in [-0.1, -0.05) is 25.5 Å². The summed E-state index contributed by atoms with van der Waals surface area (Å²) in [7, 11) is 3.32. The van der Waals surface area contributed by atoms with Crippen LogP contribution < -0.4 is 20.1 Å². The Morgan fingerprint density at radius 3 is 2.74 bits per heavy atom. The number of aliphatic imine (C=N–C) groups is 1. The van der Waals surface area contributed by atoms with Gasteiger partial charge in [0.15, 0.2) is 17.5 Å². The predicted molar refractivity (Wildman–Crippen MR) is 112 cm³/mol. The van der Waals surface area contributed by atoms with Crippen molar-refractivity contribution >= 4 is 5.96 Å². The van der Waals surface area contributed by atoms with E-state index in [9.17, 15) is 0 Å². The van der Waals surface area contributed by atoms with Gasteiger partial charge in [0, 0.05) is 31.2 Å². The highest BCUT2D eigenvalue weighted by molar-refractivity contribution is 5.79. The van der Waals surface area contributed by atoms with E-state index in [0.717, 1.165) is 48.7 Å². The fourth-order valence-electron chi connectivity index (χ4n) is 3.72. The molecule has 0 aromatic heterocycles. The van der Waals surface area contributed by atoms with Gasteiger partial charge in [0.1, 0.15) is 0 Å². The first-order valence-corrected chi connectivity index (χ1v) is 10.2. The largest absolute Gasteiger partial charge is 0.493 e. The molecule has 0 aliphatic carbocycles. The third kappa shape index (κ3) is 6.31. The molecule has 2 N–H and O–H groups in total. The van der Waals surface area contributed by atoms with Gasteiger partial charge in [0.05, 0.1) is 20.8 Å². The molecule has 152 valence electrons. The van der Waals surface area contributed by atoms with Crippen LogP contribution in [-0.4, -0.2) is 57.3 Å². The quantitative estimate of drug-likeness (QED) is 0.512. The van der Waals surface area contributed by atoms with Crippen LogP contribution >= 0.6 is 0 Å². The molecule has 1 heterocycles. The van der Waals surface area contributed by atoms with E-state index in [2.05, 4.69) is 29.4 Å². The van der Waals surface area contributed by atoms with Crippen molar-refractivity contribution in [3.63, 3.8) is 0 Å². The van der Waals surface area contributed by atoms with Crippen LogP contribution in [0.2, 0.25) is 0 Å². The number of ether oxygens (including phenoxy) is 2. The number of benzene rings is 1. The van der Waals surface area contributed by atoms with Crippen molar-refractivity contribution in [1.82, 2.24) is 15.5 Å². The molecule has 1 aromatic carbocycles. The number of para-hydroxylation sites is 1. The second-order valence-electron chi connectivity index (χ2n) is 6.87. The van der Waals surface area contributed by atoms with Crippen LogP contribution in [0, 0.1) is 0 Å². The molecule has 1 fully saturated rings. The van der Waals surface area contributed by atoms with E-state index >= 15 is 0 Å². The van der Waals surface area contributed by atoms with Crippen LogP contribution in [0.15, 0.2) is 23.2 Å². The maximum Gasteiger partial charge on any atom is 0.191 e. The highest BCUT2D eigenvalue weighted by Gasteiger charge is 2.20. The lowest BCUT2D eigenvalue weighted by Gasteiger charge is -2.35. The third-order valence-corrected chi connectivity index (χ3v) is 5.15. The van der Waals surface area contributed by atoms with Gasteiger partial charge < -0.3 is 20.1 Å². The standard InChI is InChI=1S/C21H36N4O2/c1-5-18-11-7-8-14-25(18)15-13-23-21(22-6-2)24-16-17-10-9-12-19(26-3)20(17)27-4/h9-10,12,18H,5-8,11,13-16H2,1-4H3,(H2,22,23,24). The Bertz CT molecular complexity index is 592. The van der Waals surface area contributed by atoms with Crippen LogP contribution in [0.3, 0.4) is 0 Å². The van der Waals surface area contributed by atoms with Crippen LogP contribution in [0.5, 0.6) is 11.5 Å². The first kappa shape index (κ1) is 21.4. The Hall–Kier alpha value is -1.95. The van der Waals surface area contributed by atoms with Crippen LogP contribution in [0.4, 0.5) is 0 Å². The Labute approximate surface area is 164 Å². The molecule has 6 heteroatoms. The van der Waals surface area contributed by atoms with E-state index in [1.807, 2.05) is 18.2 Å². The predicted octanol–water partition coefficient (Wildman–Crippen LogP) is 3.02. The van der Waals surface area contributed by atoms with Gasteiger partial charge in [-0.2, -0.15) is 0 Å². The Kier molecular flexibility index (Phi) is 9.25. The molecule has 6 nitrogen and oxygen atoms in total. The van der Waals surface area contributed by atoms with Crippen molar-refractivity contribution in [3.8, 4) is 11.5 Å². The molecule has 1 saturated heterocycles. The molecule has 1 aromatic rings. The summed E-state index contributed by atoms with van der Waals surface area (Å²) >= 11 is 0. The zero-order valence-corrected chi connectivity index (χ0v) is 17.4. The average Bonchev–Trinajstić information content (AvgIpc) is 2.71. The summed E-state index contributed by atoms with van der Waals surface area (Å²) in [6, 6.07) is 6.63. The van der Waals surface area contributed by atoms with Crippen molar-refractivity contribution in [3.05, 3.63) is 23.8 Å². The highest BCUT2D eigenvalue weighted by atomic mass is 16.5.